The third kappa shape index (κ3) is 2.84. The van der Waals surface area contributed by atoms with Crippen molar-refractivity contribution in [2.24, 2.45) is 10.9 Å². The van der Waals surface area contributed by atoms with Crippen LogP contribution < -0.4 is 10.6 Å². The number of anilines is 1. The van der Waals surface area contributed by atoms with E-state index in [-0.39, 0.29) is 5.84 Å². The highest BCUT2D eigenvalue weighted by Crippen LogP contribution is 2.27. The van der Waals surface area contributed by atoms with Crippen LogP contribution in [0.15, 0.2) is 23.4 Å². The highest BCUT2D eigenvalue weighted by Gasteiger charge is 2.18. The summed E-state index contributed by atoms with van der Waals surface area (Å²) in [7, 11) is 0. The van der Waals surface area contributed by atoms with Crippen LogP contribution in [0, 0.1) is 0 Å². The molecule has 0 spiro atoms. The monoisotopic (exact) mass is 285 g/mol. The van der Waals surface area contributed by atoms with Crippen molar-refractivity contribution in [1.82, 2.24) is 0 Å². The van der Waals surface area contributed by atoms with Gasteiger partial charge in [0.25, 0.3) is 0 Å². The summed E-state index contributed by atoms with van der Waals surface area (Å²) in [5.74, 6) is 1.16. The van der Waals surface area contributed by atoms with Crippen LogP contribution in [0.25, 0.3) is 0 Å². The minimum atomic E-state index is 0.0362. The fourth-order valence-electron chi connectivity index (χ4n) is 2.02. The number of nitrogens with zero attached hydrogens (tertiary/aromatic N) is 2. The van der Waals surface area contributed by atoms with E-state index in [0.29, 0.717) is 15.8 Å². The number of hydrogen-bond donors (Lipinski definition) is 2. The Morgan fingerprint density at radius 1 is 1.61 bits per heavy atom. The van der Waals surface area contributed by atoms with E-state index in [9.17, 15) is 0 Å². The minimum absolute atomic E-state index is 0.0362. The highest BCUT2D eigenvalue weighted by atomic mass is 35.5. The van der Waals surface area contributed by atoms with E-state index in [1.807, 2.05) is 23.9 Å². The van der Waals surface area contributed by atoms with Gasteiger partial charge in [0.2, 0.25) is 0 Å². The summed E-state index contributed by atoms with van der Waals surface area (Å²) in [4.78, 5) is 2.31. The molecule has 4 nitrogen and oxygen atoms in total. The topological polar surface area (TPSA) is 61.8 Å². The Bertz CT molecular complexity index is 467. The highest BCUT2D eigenvalue weighted by molar-refractivity contribution is 8.00. The van der Waals surface area contributed by atoms with Crippen molar-refractivity contribution in [1.29, 1.82) is 0 Å². The van der Waals surface area contributed by atoms with Gasteiger partial charge in [0.05, 0.1) is 5.02 Å². The first kappa shape index (κ1) is 13.4. The Morgan fingerprint density at radius 3 is 3.00 bits per heavy atom. The summed E-state index contributed by atoms with van der Waals surface area (Å²) in [5, 5.41) is 12.8. The number of amidine groups is 1. The summed E-state index contributed by atoms with van der Waals surface area (Å²) < 4.78 is 0. The normalized spacial score (nSPS) is 21.1. The lowest BCUT2D eigenvalue weighted by Crippen LogP contribution is -2.36. The first-order chi connectivity index (χ1) is 8.61. The molecule has 1 aliphatic rings. The standard InChI is InChI=1S/C12H16ClN3OS/c1-8-7-16(4-5-18-8)9-2-3-10(11(13)6-9)12(14)15-17/h2-3,6,8,17H,4-5,7H2,1H3,(H2,14,15). The molecular weight excluding hydrogens is 270 g/mol. The Kier molecular flexibility index (Phi) is 4.24. The van der Waals surface area contributed by atoms with Gasteiger partial charge in [0.1, 0.15) is 0 Å². The van der Waals surface area contributed by atoms with Gasteiger partial charge in [-0.3, -0.25) is 0 Å². The lowest BCUT2D eigenvalue weighted by molar-refractivity contribution is 0.318. The molecule has 1 aromatic carbocycles. The zero-order valence-electron chi connectivity index (χ0n) is 10.1. The van der Waals surface area contributed by atoms with Gasteiger partial charge in [-0.05, 0) is 18.2 Å². The maximum absolute atomic E-state index is 8.66. The molecule has 3 N–H and O–H groups in total. The lowest BCUT2D eigenvalue weighted by atomic mass is 10.1. The second-order valence-corrected chi connectivity index (χ2v) is 6.23. The number of oxime groups is 1. The zero-order valence-corrected chi connectivity index (χ0v) is 11.7. The maximum Gasteiger partial charge on any atom is 0.171 e. The van der Waals surface area contributed by atoms with Crippen LogP contribution in [0.1, 0.15) is 12.5 Å². The van der Waals surface area contributed by atoms with Gasteiger partial charge in [0.15, 0.2) is 5.84 Å². The molecular formula is C12H16ClN3OS. The van der Waals surface area contributed by atoms with Gasteiger partial charge < -0.3 is 15.8 Å². The van der Waals surface area contributed by atoms with Gasteiger partial charge in [0, 0.05) is 35.3 Å². The van der Waals surface area contributed by atoms with E-state index in [1.165, 1.54) is 0 Å². The average molecular weight is 286 g/mol. The Balaban J connectivity index is 2.23. The van der Waals surface area contributed by atoms with Crippen LogP contribution in [0.5, 0.6) is 0 Å². The zero-order chi connectivity index (χ0) is 13.1. The molecule has 0 aliphatic carbocycles. The smallest absolute Gasteiger partial charge is 0.171 e. The number of halogens is 1. The van der Waals surface area contributed by atoms with E-state index in [1.54, 1.807) is 6.07 Å². The van der Waals surface area contributed by atoms with Crippen LogP contribution in [0.4, 0.5) is 5.69 Å². The van der Waals surface area contributed by atoms with E-state index in [4.69, 9.17) is 22.5 Å². The molecule has 98 valence electrons. The first-order valence-electron chi connectivity index (χ1n) is 5.76. The van der Waals surface area contributed by atoms with Crippen molar-refractivity contribution in [3.05, 3.63) is 28.8 Å². The molecule has 0 saturated carbocycles. The third-order valence-electron chi connectivity index (χ3n) is 2.94. The van der Waals surface area contributed by atoms with Gasteiger partial charge in [-0.25, -0.2) is 0 Å². The molecule has 1 unspecified atom stereocenters. The van der Waals surface area contributed by atoms with Gasteiger partial charge in [-0.1, -0.05) is 23.7 Å². The number of nitrogens with two attached hydrogens (primary N) is 1. The van der Waals surface area contributed by atoms with Crippen molar-refractivity contribution in [2.45, 2.75) is 12.2 Å². The van der Waals surface area contributed by atoms with E-state index < -0.39 is 0 Å². The second kappa shape index (κ2) is 5.71. The summed E-state index contributed by atoms with van der Waals surface area (Å²) in [6.45, 7) is 4.27. The Morgan fingerprint density at radius 2 is 2.39 bits per heavy atom. The molecule has 0 amide bonds. The number of benzene rings is 1. The third-order valence-corrected chi connectivity index (χ3v) is 4.39. The van der Waals surface area contributed by atoms with Crippen molar-refractivity contribution >= 4 is 34.9 Å². The van der Waals surface area contributed by atoms with Gasteiger partial charge >= 0.3 is 0 Å². The molecule has 0 radical (unpaired) electrons. The maximum atomic E-state index is 8.66. The molecule has 6 heteroatoms. The van der Waals surface area contributed by atoms with Crippen LogP contribution in [0.3, 0.4) is 0 Å². The van der Waals surface area contributed by atoms with Gasteiger partial charge in [-0.15, -0.1) is 0 Å². The summed E-state index contributed by atoms with van der Waals surface area (Å²) in [5.41, 5.74) is 7.19. The quantitative estimate of drug-likeness (QED) is 0.379. The van der Waals surface area contributed by atoms with Crippen molar-refractivity contribution < 1.29 is 5.21 Å². The molecule has 1 atom stereocenters. The SMILES string of the molecule is CC1CN(c2ccc(/C(N)=N/O)c(Cl)c2)CCS1. The predicted molar refractivity (Wildman–Crippen MR) is 78.1 cm³/mol. The number of hydrogen-bond acceptors (Lipinski definition) is 4. The van der Waals surface area contributed by atoms with Crippen LogP contribution in [-0.4, -0.2) is 35.1 Å². The summed E-state index contributed by atoms with van der Waals surface area (Å²) in [6, 6.07) is 5.62. The van der Waals surface area contributed by atoms with Gasteiger partial charge in [-0.2, -0.15) is 11.8 Å². The molecule has 0 bridgehead atoms. The molecule has 1 saturated heterocycles. The Labute approximate surface area is 116 Å². The average Bonchev–Trinajstić information content (AvgIpc) is 2.37. The minimum Gasteiger partial charge on any atom is -0.409 e. The number of thioether (sulfide) groups is 1. The fourth-order valence-corrected chi connectivity index (χ4v) is 3.30. The first-order valence-corrected chi connectivity index (χ1v) is 7.18. The molecule has 2 rings (SSSR count). The number of rotatable bonds is 2. The predicted octanol–water partition coefficient (Wildman–Crippen LogP) is 2.38. The van der Waals surface area contributed by atoms with E-state index >= 15 is 0 Å². The Hall–Kier alpha value is -1.07. The van der Waals surface area contributed by atoms with Crippen LogP contribution in [-0.2, 0) is 0 Å². The lowest BCUT2D eigenvalue weighted by Gasteiger charge is -2.32. The summed E-state index contributed by atoms with van der Waals surface area (Å²) >= 11 is 8.14. The largest absolute Gasteiger partial charge is 0.409 e. The second-order valence-electron chi connectivity index (χ2n) is 4.28. The van der Waals surface area contributed by atoms with Crippen LogP contribution in [0.2, 0.25) is 5.02 Å². The van der Waals surface area contributed by atoms with E-state index in [2.05, 4.69) is 17.0 Å². The van der Waals surface area contributed by atoms with Crippen molar-refractivity contribution in [2.75, 3.05) is 23.7 Å². The molecule has 1 aromatic rings. The summed E-state index contributed by atoms with van der Waals surface area (Å²) in [6.07, 6.45) is 0. The van der Waals surface area contributed by atoms with Crippen LogP contribution >= 0.6 is 23.4 Å². The molecule has 0 aromatic heterocycles. The molecule has 1 aliphatic heterocycles. The van der Waals surface area contributed by atoms with Crippen molar-refractivity contribution in [3.8, 4) is 0 Å². The molecule has 1 heterocycles. The molecule has 18 heavy (non-hydrogen) atoms. The van der Waals surface area contributed by atoms with Crippen molar-refractivity contribution in [3.63, 3.8) is 0 Å². The fraction of sp³-hybridized carbons (Fsp3) is 0.417. The van der Waals surface area contributed by atoms with E-state index in [0.717, 1.165) is 24.5 Å². The molecule has 1 fully saturated rings.